The monoisotopic (exact) mass is 283 g/mol. The fraction of sp³-hybridized carbons (Fsp3) is 0.125. The van der Waals surface area contributed by atoms with Gasteiger partial charge in [-0.3, -0.25) is 9.78 Å². The predicted molar refractivity (Wildman–Crippen MR) is 79.3 cm³/mol. The van der Waals surface area contributed by atoms with Crippen molar-refractivity contribution in [1.82, 2.24) is 4.98 Å². The second-order valence-electron chi connectivity index (χ2n) is 4.39. The SMILES string of the molecule is Cc1ccc(NC(=O)c2cncc(C#CCN)c2)cc1F. The number of aromatic nitrogens is 1. The summed E-state index contributed by atoms with van der Waals surface area (Å²) < 4.78 is 13.4. The third kappa shape index (κ3) is 3.88. The molecule has 0 saturated carbocycles. The number of pyridine rings is 1. The lowest BCUT2D eigenvalue weighted by atomic mass is 10.2. The van der Waals surface area contributed by atoms with Gasteiger partial charge in [0.1, 0.15) is 5.82 Å². The number of carbonyl (C=O) groups excluding carboxylic acids is 1. The molecule has 1 heterocycles. The first-order chi connectivity index (χ1) is 10.1. The van der Waals surface area contributed by atoms with Gasteiger partial charge in [-0.15, -0.1) is 0 Å². The van der Waals surface area contributed by atoms with E-state index in [1.807, 2.05) is 0 Å². The highest BCUT2D eigenvalue weighted by Crippen LogP contribution is 2.14. The van der Waals surface area contributed by atoms with Gasteiger partial charge in [0, 0.05) is 23.6 Å². The molecule has 0 atom stereocenters. The molecule has 0 aliphatic heterocycles. The van der Waals surface area contributed by atoms with Crippen LogP contribution in [0.2, 0.25) is 0 Å². The molecule has 2 aromatic rings. The molecule has 1 amide bonds. The van der Waals surface area contributed by atoms with E-state index < -0.39 is 0 Å². The number of rotatable bonds is 2. The van der Waals surface area contributed by atoms with Crippen molar-refractivity contribution in [2.45, 2.75) is 6.92 Å². The van der Waals surface area contributed by atoms with E-state index in [2.05, 4.69) is 22.1 Å². The number of nitrogens with one attached hydrogen (secondary N) is 1. The van der Waals surface area contributed by atoms with Crippen molar-refractivity contribution in [1.29, 1.82) is 0 Å². The van der Waals surface area contributed by atoms with Crippen molar-refractivity contribution >= 4 is 11.6 Å². The zero-order chi connectivity index (χ0) is 15.2. The minimum atomic E-state index is -0.373. The van der Waals surface area contributed by atoms with E-state index in [9.17, 15) is 9.18 Å². The highest BCUT2D eigenvalue weighted by molar-refractivity contribution is 6.04. The van der Waals surface area contributed by atoms with Crippen LogP contribution < -0.4 is 11.1 Å². The number of halogens is 1. The number of hydrogen-bond acceptors (Lipinski definition) is 3. The lowest BCUT2D eigenvalue weighted by Crippen LogP contribution is -2.12. The number of amides is 1. The number of anilines is 1. The molecule has 1 aromatic carbocycles. The Hall–Kier alpha value is -2.71. The third-order valence-electron chi connectivity index (χ3n) is 2.76. The fourth-order valence-corrected chi connectivity index (χ4v) is 1.66. The molecule has 0 aliphatic carbocycles. The number of hydrogen-bond donors (Lipinski definition) is 2. The molecule has 0 aliphatic rings. The maximum absolute atomic E-state index is 13.4. The largest absolute Gasteiger partial charge is 0.322 e. The molecule has 0 saturated heterocycles. The molecule has 1 aromatic heterocycles. The Kier molecular flexibility index (Phi) is 4.64. The number of benzene rings is 1. The van der Waals surface area contributed by atoms with E-state index in [1.54, 1.807) is 31.3 Å². The van der Waals surface area contributed by atoms with Gasteiger partial charge in [0.2, 0.25) is 0 Å². The minimum Gasteiger partial charge on any atom is -0.322 e. The van der Waals surface area contributed by atoms with Crippen molar-refractivity contribution in [3.63, 3.8) is 0 Å². The summed E-state index contributed by atoms with van der Waals surface area (Å²) >= 11 is 0. The van der Waals surface area contributed by atoms with E-state index in [4.69, 9.17) is 5.73 Å². The van der Waals surface area contributed by atoms with E-state index in [0.29, 0.717) is 22.4 Å². The highest BCUT2D eigenvalue weighted by Gasteiger charge is 2.08. The number of nitrogens with zero attached hydrogens (tertiary/aromatic N) is 1. The summed E-state index contributed by atoms with van der Waals surface area (Å²) in [5.74, 6) is 4.75. The molecule has 0 bridgehead atoms. The average molecular weight is 283 g/mol. The summed E-state index contributed by atoms with van der Waals surface area (Å²) in [6, 6.07) is 6.13. The van der Waals surface area contributed by atoms with Crippen molar-refractivity contribution in [2.24, 2.45) is 5.73 Å². The second kappa shape index (κ2) is 6.64. The van der Waals surface area contributed by atoms with E-state index in [1.165, 1.54) is 12.3 Å². The zero-order valence-electron chi connectivity index (χ0n) is 11.5. The van der Waals surface area contributed by atoms with Crippen LogP contribution >= 0.6 is 0 Å². The quantitative estimate of drug-likeness (QED) is 0.829. The topological polar surface area (TPSA) is 68.0 Å². The molecule has 2 rings (SSSR count). The Morgan fingerprint density at radius 2 is 2.19 bits per heavy atom. The summed E-state index contributed by atoms with van der Waals surface area (Å²) in [5.41, 5.74) is 7.15. The molecular weight excluding hydrogens is 269 g/mol. The van der Waals surface area contributed by atoms with Crippen LogP contribution in [0.25, 0.3) is 0 Å². The molecule has 0 unspecified atom stereocenters. The number of aryl methyl sites for hydroxylation is 1. The molecule has 21 heavy (non-hydrogen) atoms. The summed E-state index contributed by atoms with van der Waals surface area (Å²) in [6.07, 6.45) is 2.97. The highest BCUT2D eigenvalue weighted by atomic mass is 19.1. The van der Waals surface area contributed by atoms with Gasteiger partial charge >= 0.3 is 0 Å². The summed E-state index contributed by atoms with van der Waals surface area (Å²) in [6.45, 7) is 1.89. The smallest absolute Gasteiger partial charge is 0.257 e. The van der Waals surface area contributed by atoms with Crippen molar-refractivity contribution in [3.05, 3.63) is 59.2 Å². The van der Waals surface area contributed by atoms with Gasteiger partial charge in [0.05, 0.1) is 12.1 Å². The first-order valence-corrected chi connectivity index (χ1v) is 6.31. The van der Waals surface area contributed by atoms with Gasteiger partial charge in [-0.25, -0.2) is 4.39 Å². The summed E-state index contributed by atoms with van der Waals surface area (Å²) in [5, 5.41) is 2.62. The Labute approximate surface area is 122 Å². The van der Waals surface area contributed by atoms with Crippen LogP contribution in [-0.2, 0) is 0 Å². The molecule has 3 N–H and O–H groups in total. The average Bonchev–Trinajstić information content (AvgIpc) is 2.49. The first-order valence-electron chi connectivity index (χ1n) is 6.31. The normalized spacial score (nSPS) is 9.67. The molecule has 4 nitrogen and oxygen atoms in total. The van der Waals surface area contributed by atoms with Gasteiger partial charge in [-0.05, 0) is 30.7 Å². The fourth-order valence-electron chi connectivity index (χ4n) is 1.66. The molecule has 0 radical (unpaired) electrons. The van der Waals surface area contributed by atoms with E-state index >= 15 is 0 Å². The van der Waals surface area contributed by atoms with Gasteiger partial charge in [-0.1, -0.05) is 17.9 Å². The van der Waals surface area contributed by atoms with Crippen LogP contribution in [0, 0.1) is 24.6 Å². The number of carbonyl (C=O) groups is 1. The molecule has 5 heteroatoms. The third-order valence-corrected chi connectivity index (χ3v) is 2.76. The lowest BCUT2D eigenvalue weighted by Gasteiger charge is -2.06. The van der Waals surface area contributed by atoms with Crippen LogP contribution in [0.5, 0.6) is 0 Å². The Morgan fingerprint density at radius 1 is 1.38 bits per heavy atom. The van der Waals surface area contributed by atoms with Gasteiger partial charge in [0.15, 0.2) is 0 Å². The van der Waals surface area contributed by atoms with Crippen LogP contribution in [0.1, 0.15) is 21.5 Å². The predicted octanol–water partition coefficient (Wildman–Crippen LogP) is 2.09. The Balaban J connectivity index is 2.18. The van der Waals surface area contributed by atoms with E-state index in [0.717, 1.165) is 0 Å². The van der Waals surface area contributed by atoms with Gasteiger partial charge in [-0.2, -0.15) is 0 Å². The van der Waals surface area contributed by atoms with Gasteiger partial charge < -0.3 is 11.1 Å². The second-order valence-corrected chi connectivity index (χ2v) is 4.39. The molecular formula is C16H14FN3O. The van der Waals surface area contributed by atoms with Crippen LogP contribution in [0.15, 0.2) is 36.7 Å². The molecule has 106 valence electrons. The van der Waals surface area contributed by atoms with Crippen molar-refractivity contribution in [3.8, 4) is 11.8 Å². The molecule has 0 spiro atoms. The maximum atomic E-state index is 13.4. The Morgan fingerprint density at radius 3 is 2.90 bits per heavy atom. The summed E-state index contributed by atoms with van der Waals surface area (Å²) in [7, 11) is 0. The van der Waals surface area contributed by atoms with Crippen LogP contribution in [0.3, 0.4) is 0 Å². The Bertz CT molecular complexity index is 732. The van der Waals surface area contributed by atoms with E-state index in [-0.39, 0.29) is 18.3 Å². The van der Waals surface area contributed by atoms with Gasteiger partial charge in [0.25, 0.3) is 5.91 Å². The van der Waals surface area contributed by atoms with Crippen LogP contribution in [0.4, 0.5) is 10.1 Å². The first kappa shape index (κ1) is 14.7. The summed E-state index contributed by atoms with van der Waals surface area (Å²) in [4.78, 5) is 16.0. The zero-order valence-corrected chi connectivity index (χ0v) is 11.5. The molecule has 0 fully saturated rings. The minimum absolute atomic E-state index is 0.235. The van der Waals surface area contributed by atoms with Crippen LogP contribution in [-0.4, -0.2) is 17.4 Å². The van der Waals surface area contributed by atoms with Crippen molar-refractivity contribution in [2.75, 3.05) is 11.9 Å². The lowest BCUT2D eigenvalue weighted by molar-refractivity contribution is 0.102. The van der Waals surface area contributed by atoms with Crippen molar-refractivity contribution < 1.29 is 9.18 Å². The standard InChI is InChI=1S/C16H14FN3O/c1-11-4-5-14(8-15(11)17)20-16(21)13-7-12(3-2-6-18)9-19-10-13/h4-5,7-10H,6,18H2,1H3,(H,20,21). The maximum Gasteiger partial charge on any atom is 0.257 e. The number of nitrogens with two attached hydrogens (primary N) is 1.